The van der Waals surface area contributed by atoms with Crippen molar-refractivity contribution in [3.05, 3.63) is 29.1 Å². The van der Waals surface area contributed by atoms with Gasteiger partial charge in [0.25, 0.3) is 0 Å². The van der Waals surface area contributed by atoms with E-state index in [1.807, 2.05) is 0 Å². The highest BCUT2D eigenvalue weighted by Gasteiger charge is 2.31. The summed E-state index contributed by atoms with van der Waals surface area (Å²) < 4.78 is 24.4. The number of ether oxygens (including phenoxy) is 2. The number of carbonyl (C=O) groups is 1. The van der Waals surface area contributed by atoms with Crippen LogP contribution in [0.2, 0.25) is 0 Å². The molecule has 4 nitrogen and oxygen atoms in total. The SMILES string of the molecule is CCCN(C(C)C)C1COc2c(F)ccc(C(=O)OC)c2C1. The number of fused-ring (bicyclic) bond motifs is 1. The molecule has 1 aromatic rings. The monoisotopic (exact) mass is 309 g/mol. The molecule has 0 saturated heterocycles. The topological polar surface area (TPSA) is 38.8 Å². The Balaban J connectivity index is 2.35. The van der Waals surface area contributed by atoms with E-state index in [2.05, 4.69) is 25.7 Å². The summed E-state index contributed by atoms with van der Waals surface area (Å²) in [4.78, 5) is 14.3. The minimum Gasteiger partial charge on any atom is -0.489 e. The number of hydrogen-bond donors (Lipinski definition) is 0. The Labute approximate surface area is 131 Å². The Morgan fingerprint density at radius 1 is 1.50 bits per heavy atom. The number of hydrogen-bond acceptors (Lipinski definition) is 4. The van der Waals surface area contributed by atoms with E-state index >= 15 is 0 Å². The molecule has 0 N–H and O–H groups in total. The minimum absolute atomic E-state index is 0.137. The average Bonchev–Trinajstić information content (AvgIpc) is 2.51. The van der Waals surface area contributed by atoms with Crippen molar-refractivity contribution < 1.29 is 18.7 Å². The van der Waals surface area contributed by atoms with Crippen LogP contribution in [0.3, 0.4) is 0 Å². The highest BCUT2D eigenvalue weighted by atomic mass is 19.1. The van der Waals surface area contributed by atoms with Crippen LogP contribution >= 0.6 is 0 Å². The van der Waals surface area contributed by atoms with Crippen LogP contribution in [0.25, 0.3) is 0 Å². The lowest BCUT2D eigenvalue weighted by atomic mass is 9.95. The first-order valence-electron chi connectivity index (χ1n) is 7.77. The van der Waals surface area contributed by atoms with Gasteiger partial charge in [-0.15, -0.1) is 0 Å². The van der Waals surface area contributed by atoms with Gasteiger partial charge in [0.2, 0.25) is 0 Å². The van der Waals surface area contributed by atoms with E-state index in [4.69, 9.17) is 9.47 Å². The van der Waals surface area contributed by atoms with Crippen molar-refractivity contribution >= 4 is 5.97 Å². The Morgan fingerprint density at radius 2 is 2.23 bits per heavy atom. The molecule has 0 saturated carbocycles. The lowest BCUT2D eigenvalue weighted by Gasteiger charge is -2.38. The molecular weight excluding hydrogens is 285 g/mol. The van der Waals surface area contributed by atoms with Gasteiger partial charge in [-0.05, 0) is 45.4 Å². The predicted octanol–water partition coefficient (Wildman–Crippen LogP) is 3.04. The molecule has 0 aromatic heterocycles. The zero-order chi connectivity index (χ0) is 16.3. The number of esters is 1. The maximum Gasteiger partial charge on any atom is 0.338 e. The molecule has 1 unspecified atom stereocenters. The van der Waals surface area contributed by atoms with Crippen LogP contribution in [0.1, 0.15) is 43.1 Å². The summed E-state index contributed by atoms with van der Waals surface area (Å²) in [7, 11) is 1.33. The van der Waals surface area contributed by atoms with Crippen molar-refractivity contribution in [2.24, 2.45) is 0 Å². The van der Waals surface area contributed by atoms with Crippen LogP contribution in [0.5, 0.6) is 5.75 Å². The first-order chi connectivity index (χ1) is 10.5. The van der Waals surface area contributed by atoms with Crippen LogP contribution in [0.4, 0.5) is 4.39 Å². The van der Waals surface area contributed by atoms with Crippen LogP contribution < -0.4 is 4.74 Å². The van der Waals surface area contributed by atoms with E-state index in [1.165, 1.54) is 19.2 Å². The van der Waals surface area contributed by atoms with E-state index in [0.717, 1.165) is 13.0 Å². The second-order valence-electron chi connectivity index (χ2n) is 5.89. The third-order valence-electron chi connectivity index (χ3n) is 4.09. The Morgan fingerprint density at radius 3 is 2.82 bits per heavy atom. The van der Waals surface area contributed by atoms with Gasteiger partial charge in [-0.1, -0.05) is 6.92 Å². The first-order valence-corrected chi connectivity index (χ1v) is 7.77. The molecule has 1 aliphatic heterocycles. The highest BCUT2D eigenvalue weighted by Crippen LogP contribution is 2.33. The minimum atomic E-state index is -0.452. The fraction of sp³-hybridized carbons (Fsp3) is 0.588. The average molecular weight is 309 g/mol. The van der Waals surface area contributed by atoms with Crippen molar-refractivity contribution in [3.63, 3.8) is 0 Å². The number of halogens is 1. The van der Waals surface area contributed by atoms with Gasteiger partial charge in [0.05, 0.1) is 12.7 Å². The third kappa shape index (κ3) is 3.24. The fourth-order valence-electron chi connectivity index (χ4n) is 3.07. The molecular formula is C17H24FNO3. The summed E-state index contributed by atoms with van der Waals surface area (Å²) in [5.74, 6) is -0.681. The molecule has 1 aromatic carbocycles. The Hall–Kier alpha value is -1.62. The molecule has 0 amide bonds. The smallest absolute Gasteiger partial charge is 0.338 e. The van der Waals surface area contributed by atoms with Gasteiger partial charge in [-0.2, -0.15) is 0 Å². The Kier molecular flexibility index (Phi) is 5.40. The van der Waals surface area contributed by atoms with Gasteiger partial charge in [0.1, 0.15) is 6.61 Å². The lowest BCUT2D eigenvalue weighted by molar-refractivity contribution is 0.0590. The summed E-state index contributed by atoms with van der Waals surface area (Å²) in [6.45, 7) is 7.79. The summed E-state index contributed by atoms with van der Waals surface area (Å²) in [5.41, 5.74) is 1.01. The zero-order valence-corrected chi connectivity index (χ0v) is 13.7. The summed E-state index contributed by atoms with van der Waals surface area (Å²) >= 11 is 0. The molecule has 0 spiro atoms. The van der Waals surface area contributed by atoms with Gasteiger partial charge in [-0.3, -0.25) is 4.90 Å². The normalized spacial score (nSPS) is 17.3. The van der Waals surface area contributed by atoms with E-state index in [9.17, 15) is 9.18 Å². The first kappa shape index (κ1) is 16.7. The number of carbonyl (C=O) groups excluding carboxylic acids is 1. The second-order valence-corrected chi connectivity index (χ2v) is 5.89. The summed E-state index contributed by atoms with van der Waals surface area (Å²) in [6, 6.07) is 3.24. The number of methoxy groups -OCH3 is 1. The molecule has 1 heterocycles. The molecule has 0 bridgehead atoms. The van der Waals surface area contributed by atoms with E-state index < -0.39 is 11.8 Å². The predicted molar refractivity (Wildman–Crippen MR) is 82.9 cm³/mol. The van der Waals surface area contributed by atoms with Gasteiger partial charge in [-0.25, -0.2) is 9.18 Å². The molecule has 22 heavy (non-hydrogen) atoms. The van der Waals surface area contributed by atoms with Crippen LogP contribution in [0.15, 0.2) is 12.1 Å². The molecule has 0 fully saturated rings. The van der Waals surface area contributed by atoms with Crippen molar-refractivity contribution in [2.75, 3.05) is 20.3 Å². The number of rotatable bonds is 5. The second kappa shape index (κ2) is 7.09. The third-order valence-corrected chi connectivity index (χ3v) is 4.09. The molecule has 0 radical (unpaired) electrons. The van der Waals surface area contributed by atoms with Gasteiger partial charge >= 0.3 is 5.97 Å². The molecule has 1 aliphatic rings. The van der Waals surface area contributed by atoms with Crippen LogP contribution in [0, 0.1) is 5.82 Å². The van der Waals surface area contributed by atoms with E-state index in [-0.39, 0.29) is 11.8 Å². The molecule has 5 heteroatoms. The van der Waals surface area contributed by atoms with Crippen molar-refractivity contribution in [2.45, 2.75) is 45.7 Å². The fourth-order valence-corrected chi connectivity index (χ4v) is 3.07. The van der Waals surface area contributed by atoms with E-state index in [1.54, 1.807) is 0 Å². The highest BCUT2D eigenvalue weighted by molar-refractivity contribution is 5.92. The molecule has 2 rings (SSSR count). The molecule has 1 atom stereocenters. The Bertz CT molecular complexity index is 545. The van der Waals surface area contributed by atoms with Crippen LogP contribution in [-0.4, -0.2) is 43.2 Å². The number of nitrogens with zero attached hydrogens (tertiary/aromatic N) is 1. The van der Waals surface area contributed by atoms with Gasteiger partial charge < -0.3 is 9.47 Å². The van der Waals surface area contributed by atoms with Gasteiger partial charge in [0, 0.05) is 17.6 Å². The standard InChI is InChI=1S/C17H24FNO3/c1-5-8-19(11(2)3)12-9-14-13(17(20)21-4)6-7-15(18)16(14)22-10-12/h6-7,11-12H,5,8-10H2,1-4H3. The maximum atomic E-state index is 14.0. The van der Waals surface area contributed by atoms with Crippen molar-refractivity contribution in [3.8, 4) is 5.75 Å². The molecule has 122 valence electrons. The maximum absolute atomic E-state index is 14.0. The van der Waals surface area contributed by atoms with Crippen molar-refractivity contribution in [1.29, 1.82) is 0 Å². The number of benzene rings is 1. The van der Waals surface area contributed by atoms with E-state index in [0.29, 0.717) is 30.2 Å². The zero-order valence-electron chi connectivity index (χ0n) is 13.7. The van der Waals surface area contributed by atoms with Gasteiger partial charge in [0.15, 0.2) is 11.6 Å². The lowest BCUT2D eigenvalue weighted by Crippen LogP contribution is -2.47. The van der Waals surface area contributed by atoms with Crippen LogP contribution in [-0.2, 0) is 11.2 Å². The van der Waals surface area contributed by atoms with Crippen molar-refractivity contribution in [1.82, 2.24) is 4.90 Å². The summed E-state index contributed by atoms with van der Waals surface area (Å²) in [6.07, 6.45) is 1.63. The molecule has 0 aliphatic carbocycles. The largest absolute Gasteiger partial charge is 0.489 e. The summed E-state index contributed by atoms with van der Waals surface area (Å²) in [5, 5.41) is 0. The quantitative estimate of drug-likeness (QED) is 0.784.